The van der Waals surface area contributed by atoms with Gasteiger partial charge in [0.25, 0.3) is 5.91 Å². The van der Waals surface area contributed by atoms with Crippen molar-refractivity contribution < 1.29 is 24.5 Å². The lowest BCUT2D eigenvalue weighted by Gasteiger charge is -2.09. The Bertz CT molecular complexity index is 463. The lowest BCUT2D eigenvalue weighted by Crippen LogP contribution is -2.34. The van der Waals surface area contributed by atoms with Crippen molar-refractivity contribution in [1.82, 2.24) is 5.32 Å². The van der Waals surface area contributed by atoms with E-state index in [0.717, 1.165) is 6.07 Å². The Labute approximate surface area is 108 Å². The van der Waals surface area contributed by atoms with Crippen LogP contribution in [0.4, 0.5) is 0 Å². The van der Waals surface area contributed by atoms with Crippen LogP contribution in [-0.2, 0) is 9.53 Å². The van der Waals surface area contributed by atoms with Gasteiger partial charge >= 0.3 is 5.97 Å². The van der Waals surface area contributed by atoms with Gasteiger partial charge in [-0.15, -0.1) is 11.6 Å². The van der Waals surface area contributed by atoms with E-state index in [1.54, 1.807) is 0 Å². The first-order valence-corrected chi connectivity index (χ1v) is 5.41. The van der Waals surface area contributed by atoms with E-state index in [9.17, 15) is 14.7 Å². The molecular formula is C11H12ClNO5. The molecule has 1 aromatic rings. The number of benzene rings is 1. The predicted octanol–water partition coefficient (Wildman–Crippen LogP) is 0.608. The molecule has 6 nitrogen and oxygen atoms in total. The zero-order chi connectivity index (χ0) is 13.7. The van der Waals surface area contributed by atoms with E-state index in [0.29, 0.717) is 0 Å². The largest absolute Gasteiger partial charge is 0.508 e. The van der Waals surface area contributed by atoms with Crippen LogP contribution in [0.5, 0.6) is 11.5 Å². The van der Waals surface area contributed by atoms with Gasteiger partial charge in [-0.25, -0.2) is 0 Å². The summed E-state index contributed by atoms with van der Waals surface area (Å²) in [6.45, 7) is -0.132. The van der Waals surface area contributed by atoms with E-state index < -0.39 is 17.3 Å². The average molecular weight is 274 g/mol. The van der Waals surface area contributed by atoms with Gasteiger partial charge in [-0.1, -0.05) is 0 Å². The molecule has 0 spiro atoms. The number of ether oxygens (including phenoxy) is 1. The maximum atomic E-state index is 11.6. The number of halogens is 1. The van der Waals surface area contributed by atoms with Crippen LogP contribution in [0, 0.1) is 0 Å². The van der Waals surface area contributed by atoms with Crippen LogP contribution in [0.3, 0.4) is 0 Å². The fourth-order valence-electron chi connectivity index (χ4n) is 1.20. The molecule has 0 saturated heterocycles. The molecule has 7 heteroatoms. The third-order valence-corrected chi connectivity index (χ3v) is 2.46. The fraction of sp³-hybridized carbons (Fsp3) is 0.273. The zero-order valence-electron chi connectivity index (χ0n) is 9.51. The van der Waals surface area contributed by atoms with Crippen LogP contribution in [0.1, 0.15) is 10.4 Å². The minimum Gasteiger partial charge on any atom is -0.508 e. The number of nitrogens with one attached hydrogen (secondary N) is 1. The van der Waals surface area contributed by atoms with Crippen molar-refractivity contribution in [2.45, 2.75) is 5.38 Å². The second kappa shape index (κ2) is 6.11. The Morgan fingerprint density at radius 1 is 1.44 bits per heavy atom. The first-order chi connectivity index (χ1) is 8.45. The molecule has 1 amide bonds. The number of phenols is 2. The molecule has 0 fully saturated rings. The third-order valence-electron chi connectivity index (χ3n) is 2.12. The number of alkyl halides is 1. The molecule has 0 aliphatic carbocycles. The summed E-state index contributed by atoms with van der Waals surface area (Å²) in [7, 11) is 1.19. The molecule has 0 radical (unpaired) electrons. The van der Waals surface area contributed by atoms with Crippen molar-refractivity contribution in [3.05, 3.63) is 23.8 Å². The van der Waals surface area contributed by atoms with E-state index in [-0.39, 0.29) is 23.6 Å². The summed E-state index contributed by atoms with van der Waals surface area (Å²) < 4.78 is 4.38. The van der Waals surface area contributed by atoms with Crippen LogP contribution in [-0.4, -0.2) is 41.1 Å². The van der Waals surface area contributed by atoms with Gasteiger partial charge in [0.05, 0.1) is 12.7 Å². The monoisotopic (exact) mass is 273 g/mol. The number of amides is 1. The van der Waals surface area contributed by atoms with Crippen molar-refractivity contribution in [1.29, 1.82) is 0 Å². The maximum Gasteiger partial charge on any atom is 0.325 e. The molecule has 0 bridgehead atoms. The molecule has 18 heavy (non-hydrogen) atoms. The van der Waals surface area contributed by atoms with Crippen molar-refractivity contribution in [2.24, 2.45) is 0 Å². The Morgan fingerprint density at radius 2 is 2.11 bits per heavy atom. The topological polar surface area (TPSA) is 95.9 Å². The van der Waals surface area contributed by atoms with Crippen LogP contribution < -0.4 is 5.32 Å². The third kappa shape index (κ3) is 3.53. The van der Waals surface area contributed by atoms with Gasteiger partial charge < -0.3 is 20.3 Å². The summed E-state index contributed by atoms with van der Waals surface area (Å²) in [4.78, 5) is 22.6. The predicted molar refractivity (Wildman–Crippen MR) is 63.8 cm³/mol. The SMILES string of the molecule is COC(=O)C(Cl)CNC(=O)c1ccc(O)cc1O. The van der Waals surface area contributed by atoms with Gasteiger partial charge in [0.1, 0.15) is 16.9 Å². The average Bonchev–Trinajstić information content (AvgIpc) is 2.34. The standard InChI is InChI=1S/C11H12ClNO5/c1-18-11(17)8(12)5-13-10(16)7-3-2-6(14)4-9(7)15/h2-4,8,14-15H,5H2,1H3,(H,13,16). The number of phenolic OH excluding ortho intramolecular Hbond substituents is 2. The Hall–Kier alpha value is -1.95. The number of aromatic hydroxyl groups is 2. The first kappa shape index (κ1) is 14.1. The summed E-state index contributed by atoms with van der Waals surface area (Å²) in [5.41, 5.74) is -0.0264. The fourth-order valence-corrected chi connectivity index (χ4v) is 1.37. The van der Waals surface area contributed by atoms with Crippen LogP contribution in [0.25, 0.3) is 0 Å². The number of rotatable bonds is 4. The number of hydrogen-bond donors (Lipinski definition) is 3. The highest BCUT2D eigenvalue weighted by molar-refractivity contribution is 6.30. The van der Waals surface area contributed by atoms with E-state index in [1.165, 1.54) is 19.2 Å². The Balaban J connectivity index is 2.63. The van der Waals surface area contributed by atoms with Crippen molar-refractivity contribution in [3.63, 3.8) is 0 Å². The molecule has 0 aliphatic rings. The molecule has 0 aliphatic heterocycles. The highest BCUT2D eigenvalue weighted by Gasteiger charge is 2.18. The Kier molecular flexibility index (Phi) is 4.79. The summed E-state index contributed by atoms with van der Waals surface area (Å²) in [6.07, 6.45) is 0. The first-order valence-electron chi connectivity index (χ1n) is 4.97. The summed E-state index contributed by atoms with van der Waals surface area (Å²) in [6, 6.07) is 3.54. The molecule has 3 N–H and O–H groups in total. The minimum atomic E-state index is -1.00. The minimum absolute atomic E-state index is 0.0264. The number of carbonyl (C=O) groups excluding carboxylic acids is 2. The molecular weight excluding hydrogens is 262 g/mol. The van der Waals surface area contributed by atoms with Crippen LogP contribution >= 0.6 is 11.6 Å². The van der Waals surface area contributed by atoms with Crippen molar-refractivity contribution >= 4 is 23.5 Å². The molecule has 98 valence electrons. The van der Waals surface area contributed by atoms with Gasteiger partial charge in [0, 0.05) is 12.6 Å². The normalized spacial score (nSPS) is 11.7. The summed E-state index contributed by atoms with van der Waals surface area (Å²) in [5.74, 6) is -1.79. The summed E-state index contributed by atoms with van der Waals surface area (Å²) in [5, 5.41) is 19.9. The van der Waals surface area contributed by atoms with Gasteiger partial charge in [0.15, 0.2) is 0 Å². The van der Waals surface area contributed by atoms with Gasteiger partial charge in [-0.3, -0.25) is 9.59 Å². The number of hydrogen-bond acceptors (Lipinski definition) is 5. The number of methoxy groups -OCH3 is 1. The quantitative estimate of drug-likeness (QED) is 0.552. The van der Waals surface area contributed by atoms with Gasteiger partial charge in [-0.2, -0.15) is 0 Å². The van der Waals surface area contributed by atoms with Gasteiger partial charge in [0.2, 0.25) is 0 Å². The van der Waals surface area contributed by atoms with Crippen LogP contribution in [0.2, 0.25) is 0 Å². The molecule has 1 atom stereocenters. The summed E-state index contributed by atoms with van der Waals surface area (Å²) >= 11 is 5.64. The van der Waals surface area contributed by atoms with E-state index in [1.807, 2.05) is 0 Å². The molecule has 0 aromatic heterocycles. The van der Waals surface area contributed by atoms with Crippen LogP contribution in [0.15, 0.2) is 18.2 Å². The van der Waals surface area contributed by atoms with E-state index >= 15 is 0 Å². The highest BCUT2D eigenvalue weighted by Crippen LogP contribution is 2.22. The second-order valence-corrected chi connectivity index (χ2v) is 3.93. The molecule has 1 rings (SSSR count). The molecule has 0 saturated carbocycles. The smallest absolute Gasteiger partial charge is 0.325 e. The number of esters is 1. The second-order valence-electron chi connectivity index (χ2n) is 3.40. The maximum absolute atomic E-state index is 11.6. The zero-order valence-corrected chi connectivity index (χ0v) is 10.3. The number of carbonyl (C=O) groups is 2. The van der Waals surface area contributed by atoms with Crippen molar-refractivity contribution in [2.75, 3.05) is 13.7 Å². The van der Waals surface area contributed by atoms with Gasteiger partial charge in [-0.05, 0) is 12.1 Å². The van der Waals surface area contributed by atoms with E-state index in [4.69, 9.17) is 16.7 Å². The molecule has 0 heterocycles. The molecule has 1 aromatic carbocycles. The molecule has 1 unspecified atom stereocenters. The lowest BCUT2D eigenvalue weighted by molar-refractivity contribution is -0.140. The Morgan fingerprint density at radius 3 is 2.67 bits per heavy atom. The lowest BCUT2D eigenvalue weighted by atomic mass is 10.2. The highest BCUT2D eigenvalue weighted by atomic mass is 35.5. The van der Waals surface area contributed by atoms with Crippen molar-refractivity contribution in [3.8, 4) is 11.5 Å². The van der Waals surface area contributed by atoms with E-state index in [2.05, 4.69) is 10.1 Å².